The van der Waals surface area contributed by atoms with Gasteiger partial charge in [0.1, 0.15) is 6.23 Å². The Morgan fingerprint density at radius 1 is 1.75 bits per heavy atom. The van der Waals surface area contributed by atoms with Crippen LogP contribution in [0.1, 0.15) is 13.3 Å². The Morgan fingerprint density at radius 3 is 2.75 bits per heavy atom. The van der Waals surface area contributed by atoms with Crippen LogP contribution in [0.2, 0.25) is 0 Å². The van der Waals surface area contributed by atoms with E-state index in [2.05, 4.69) is 12.2 Å². The largest absolute Gasteiger partial charge is 0.362 e. The molecule has 0 saturated carbocycles. The highest BCUT2D eigenvalue weighted by Crippen LogP contribution is 1.97. The molecule has 0 aromatic heterocycles. The van der Waals surface area contributed by atoms with E-state index in [4.69, 9.17) is 4.74 Å². The molecule has 0 aromatic carbocycles. The van der Waals surface area contributed by atoms with Gasteiger partial charge in [0, 0.05) is 6.54 Å². The normalized spacial score (nSPS) is 27.4. The molecule has 1 rings (SSSR count). The smallest absolute Gasteiger partial charge is 0.107 e. The summed E-state index contributed by atoms with van der Waals surface area (Å²) in [6.45, 7) is 4.03. The van der Waals surface area contributed by atoms with E-state index >= 15 is 0 Å². The van der Waals surface area contributed by atoms with Gasteiger partial charge in [-0.1, -0.05) is 6.92 Å². The molecule has 0 radical (unpaired) electrons. The Morgan fingerprint density at radius 2 is 2.50 bits per heavy atom. The van der Waals surface area contributed by atoms with E-state index in [0.29, 0.717) is 6.23 Å². The third-order valence-corrected chi connectivity index (χ3v) is 1.16. The molecular weight excluding hydrogens is 126 g/mol. The van der Waals surface area contributed by atoms with Crippen molar-refractivity contribution in [3.8, 4) is 0 Å². The molecule has 0 amide bonds. The van der Waals surface area contributed by atoms with Crippen molar-refractivity contribution in [2.75, 3.05) is 13.2 Å². The fourth-order valence-corrected chi connectivity index (χ4v) is 0.742. The van der Waals surface area contributed by atoms with Gasteiger partial charge in [-0.25, -0.2) is 0 Å². The molecular formula is C5H12ClNO. The van der Waals surface area contributed by atoms with E-state index in [-0.39, 0.29) is 12.4 Å². The fourth-order valence-electron chi connectivity index (χ4n) is 0.742. The number of rotatable bonds is 1. The minimum atomic E-state index is 0. The first-order chi connectivity index (χ1) is 3.43. The van der Waals surface area contributed by atoms with Gasteiger partial charge >= 0.3 is 0 Å². The molecule has 1 unspecified atom stereocenters. The summed E-state index contributed by atoms with van der Waals surface area (Å²) in [5.41, 5.74) is 0. The van der Waals surface area contributed by atoms with E-state index in [0.717, 1.165) is 19.6 Å². The van der Waals surface area contributed by atoms with Gasteiger partial charge in [0.2, 0.25) is 0 Å². The second-order valence-electron chi connectivity index (χ2n) is 1.72. The number of hydrogen-bond acceptors (Lipinski definition) is 2. The zero-order valence-electron chi connectivity index (χ0n) is 5.02. The van der Waals surface area contributed by atoms with Gasteiger partial charge in [-0.05, 0) is 6.42 Å². The molecule has 3 heteroatoms. The average Bonchev–Trinajstić information content (AvgIpc) is 2.14. The van der Waals surface area contributed by atoms with E-state index in [1.54, 1.807) is 0 Å². The summed E-state index contributed by atoms with van der Waals surface area (Å²) in [5.74, 6) is 0. The fraction of sp³-hybridized carbons (Fsp3) is 1.00. The molecule has 1 aliphatic rings. The quantitative estimate of drug-likeness (QED) is 0.577. The first-order valence-electron chi connectivity index (χ1n) is 2.78. The Balaban J connectivity index is 0.000000490. The van der Waals surface area contributed by atoms with Crippen LogP contribution in [-0.4, -0.2) is 19.4 Å². The number of ether oxygens (including phenoxy) is 1. The molecule has 8 heavy (non-hydrogen) atoms. The van der Waals surface area contributed by atoms with Gasteiger partial charge in [0.05, 0.1) is 6.61 Å². The van der Waals surface area contributed by atoms with Gasteiger partial charge in [0.15, 0.2) is 0 Å². The molecule has 1 atom stereocenters. The van der Waals surface area contributed by atoms with Crippen molar-refractivity contribution >= 4 is 12.4 Å². The number of hydrogen-bond donors (Lipinski definition) is 1. The third kappa shape index (κ3) is 1.99. The van der Waals surface area contributed by atoms with Crippen LogP contribution in [0.3, 0.4) is 0 Å². The first kappa shape index (κ1) is 8.21. The van der Waals surface area contributed by atoms with Crippen LogP contribution < -0.4 is 5.32 Å². The summed E-state index contributed by atoms with van der Waals surface area (Å²) < 4.78 is 5.19. The van der Waals surface area contributed by atoms with Crippen LogP contribution in [-0.2, 0) is 4.74 Å². The maximum atomic E-state index is 5.19. The second kappa shape index (κ2) is 4.13. The standard InChI is InChI=1S/C5H11NO.ClH/c1-2-5-6-3-4-7-5;/h5-6H,2-4H2,1H3;1H. The van der Waals surface area contributed by atoms with Crippen molar-refractivity contribution < 1.29 is 4.74 Å². The summed E-state index contributed by atoms with van der Waals surface area (Å²) in [6, 6.07) is 0. The van der Waals surface area contributed by atoms with Gasteiger partial charge in [-0.15, -0.1) is 12.4 Å². The molecule has 1 saturated heterocycles. The lowest BCUT2D eigenvalue weighted by Gasteiger charge is -2.02. The van der Waals surface area contributed by atoms with Crippen LogP contribution in [0.15, 0.2) is 0 Å². The van der Waals surface area contributed by atoms with Crippen LogP contribution in [0, 0.1) is 0 Å². The first-order valence-corrected chi connectivity index (χ1v) is 2.78. The van der Waals surface area contributed by atoms with Gasteiger partial charge < -0.3 is 4.74 Å². The van der Waals surface area contributed by atoms with Crippen LogP contribution in [0.4, 0.5) is 0 Å². The van der Waals surface area contributed by atoms with E-state index in [1.807, 2.05) is 0 Å². The minimum absolute atomic E-state index is 0. The molecule has 0 aliphatic carbocycles. The summed E-state index contributed by atoms with van der Waals surface area (Å²) >= 11 is 0. The Hall–Kier alpha value is 0.210. The minimum Gasteiger partial charge on any atom is -0.362 e. The van der Waals surface area contributed by atoms with E-state index in [1.165, 1.54) is 0 Å². The lowest BCUT2D eigenvalue weighted by atomic mass is 10.4. The molecule has 1 heterocycles. The van der Waals surface area contributed by atoms with Crippen LogP contribution >= 0.6 is 12.4 Å². The van der Waals surface area contributed by atoms with Crippen LogP contribution in [0.25, 0.3) is 0 Å². The van der Waals surface area contributed by atoms with E-state index in [9.17, 15) is 0 Å². The summed E-state index contributed by atoms with van der Waals surface area (Å²) in [5, 5.41) is 3.18. The van der Waals surface area contributed by atoms with Gasteiger partial charge in [-0.3, -0.25) is 5.32 Å². The van der Waals surface area contributed by atoms with Gasteiger partial charge in [0.25, 0.3) is 0 Å². The molecule has 0 aromatic rings. The van der Waals surface area contributed by atoms with Crippen molar-refractivity contribution in [1.29, 1.82) is 0 Å². The summed E-state index contributed by atoms with van der Waals surface area (Å²) in [4.78, 5) is 0. The molecule has 1 fully saturated rings. The maximum absolute atomic E-state index is 5.19. The van der Waals surface area contributed by atoms with Crippen molar-refractivity contribution in [3.63, 3.8) is 0 Å². The molecule has 2 nitrogen and oxygen atoms in total. The Kier molecular flexibility index (Phi) is 4.23. The maximum Gasteiger partial charge on any atom is 0.107 e. The Labute approximate surface area is 56.0 Å². The highest BCUT2D eigenvalue weighted by atomic mass is 35.5. The van der Waals surface area contributed by atoms with Crippen LogP contribution in [0.5, 0.6) is 0 Å². The zero-order chi connectivity index (χ0) is 5.11. The number of nitrogens with one attached hydrogen (secondary N) is 1. The predicted molar refractivity (Wildman–Crippen MR) is 35.3 cm³/mol. The summed E-state index contributed by atoms with van der Waals surface area (Å²) in [7, 11) is 0. The van der Waals surface area contributed by atoms with Crippen molar-refractivity contribution in [3.05, 3.63) is 0 Å². The average molecular weight is 138 g/mol. The SMILES string of the molecule is CCC1NCCO1.Cl. The van der Waals surface area contributed by atoms with Gasteiger partial charge in [-0.2, -0.15) is 0 Å². The molecule has 50 valence electrons. The van der Waals surface area contributed by atoms with Crippen molar-refractivity contribution in [2.45, 2.75) is 19.6 Å². The number of halogens is 1. The lowest BCUT2D eigenvalue weighted by Crippen LogP contribution is -2.20. The molecule has 1 aliphatic heterocycles. The molecule has 1 N–H and O–H groups in total. The molecule has 0 bridgehead atoms. The summed E-state index contributed by atoms with van der Waals surface area (Å²) in [6.07, 6.45) is 1.43. The molecule has 0 spiro atoms. The highest BCUT2D eigenvalue weighted by Gasteiger charge is 2.09. The topological polar surface area (TPSA) is 21.3 Å². The second-order valence-corrected chi connectivity index (χ2v) is 1.72. The zero-order valence-corrected chi connectivity index (χ0v) is 5.83. The third-order valence-electron chi connectivity index (χ3n) is 1.16. The highest BCUT2D eigenvalue weighted by molar-refractivity contribution is 5.85. The Bertz CT molecular complexity index is 54.4. The lowest BCUT2D eigenvalue weighted by molar-refractivity contribution is 0.0984. The van der Waals surface area contributed by atoms with Crippen molar-refractivity contribution in [1.82, 2.24) is 5.32 Å². The van der Waals surface area contributed by atoms with Crippen molar-refractivity contribution in [2.24, 2.45) is 0 Å². The predicted octanol–water partition coefficient (Wildman–Crippen LogP) is 0.764. The van der Waals surface area contributed by atoms with E-state index < -0.39 is 0 Å². The monoisotopic (exact) mass is 137 g/mol.